The predicted octanol–water partition coefficient (Wildman–Crippen LogP) is 3.26. The Labute approximate surface area is 141 Å². The second kappa shape index (κ2) is 6.28. The van der Waals surface area contributed by atoms with Crippen molar-refractivity contribution in [2.45, 2.75) is 37.5 Å². The Morgan fingerprint density at radius 1 is 1.26 bits per heavy atom. The first-order chi connectivity index (χ1) is 10.9. The minimum atomic E-state index is -3.71. The van der Waals surface area contributed by atoms with Crippen LogP contribution in [0.2, 0.25) is 0 Å². The van der Waals surface area contributed by atoms with Crippen molar-refractivity contribution in [1.82, 2.24) is 5.01 Å². The summed E-state index contributed by atoms with van der Waals surface area (Å²) in [5.74, 6) is 0. The van der Waals surface area contributed by atoms with Crippen molar-refractivity contribution < 1.29 is 8.42 Å². The third-order valence-electron chi connectivity index (χ3n) is 4.46. The molecule has 1 aromatic rings. The van der Waals surface area contributed by atoms with E-state index in [1.165, 1.54) is 24.6 Å². The molecule has 7 heteroatoms. The monoisotopic (exact) mass is 351 g/mol. The maximum atomic E-state index is 12.5. The first kappa shape index (κ1) is 16.5. The third-order valence-corrected chi connectivity index (χ3v) is 6.52. The number of benzene rings is 1. The van der Waals surface area contributed by atoms with Crippen LogP contribution < -0.4 is 0 Å². The topological polar surface area (TPSA) is 62.1 Å². The van der Waals surface area contributed by atoms with E-state index in [1.807, 2.05) is 19.4 Å². The quantitative estimate of drug-likeness (QED) is 0.606. The molecule has 1 spiro atoms. The summed E-state index contributed by atoms with van der Waals surface area (Å²) in [6.45, 7) is 2.66. The summed E-state index contributed by atoms with van der Waals surface area (Å²) in [6, 6.07) is 6.75. The smallest absolute Gasteiger partial charge is 0.241 e. The number of hydrogen-bond donors (Lipinski definition) is 0. The van der Waals surface area contributed by atoms with E-state index in [0.29, 0.717) is 5.17 Å². The Balaban J connectivity index is 1.84. The normalized spacial score (nSPS) is 20.6. The highest BCUT2D eigenvalue weighted by molar-refractivity contribution is 8.13. The molecule has 2 aliphatic rings. The van der Waals surface area contributed by atoms with Crippen molar-refractivity contribution in [3.05, 3.63) is 29.8 Å². The summed E-state index contributed by atoms with van der Waals surface area (Å²) in [5, 5.41) is 6.60. The SMILES string of the molecule is CS/C(=N\S(=O)(=O)c1ccc(C)cc1)N1CC2(C=N1)CCCC2. The Kier molecular flexibility index (Phi) is 4.51. The minimum Gasteiger partial charge on any atom is -0.241 e. The van der Waals surface area contributed by atoms with Crippen LogP contribution in [0.4, 0.5) is 0 Å². The first-order valence-corrected chi connectivity index (χ1v) is 10.4. The highest BCUT2D eigenvalue weighted by Crippen LogP contribution is 2.40. The van der Waals surface area contributed by atoms with Gasteiger partial charge in [0.2, 0.25) is 0 Å². The number of nitrogens with zero attached hydrogens (tertiary/aromatic N) is 3. The van der Waals surface area contributed by atoms with Gasteiger partial charge in [-0.3, -0.25) is 0 Å². The molecule has 124 valence electrons. The number of amidine groups is 1. The molecule has 1 aliphatic carbocycles. The van der Waals surface area contributed by atoms with Crippen molar-refractivity contribution >= 4 is 33.2 Å². The average Bonchev–Trinajstić information content (AvgIpc) is 3.16. The number of hydrazone groups is 1. The largest absolute Gasteiger partial charge is 0.284 e. The van der Waals surface area contributed by atoms with Crippen LogP contribution in [0.5, 0.6) is 0 Å². The van der Waals surface area contributed by atoms with Gasteiger partial charge in [0.25, 0.3) is 10.0 Å². The van der Waals surface area contributed by atoms with Gasteiger partial charge >= 0.3 is 0 Å². The van der Waals surface area contributed by atoms with Crippen LogP contribution in [0.1, 0.15) is 31.2 Å². The van der Waals surface area contributed by atoms with E-state index < -0.39 is 10.0 Å². The van der Waals surface area contributed by atoms with Crippen molar-refractivity contribution in [3.63, 3.8) is 0 Å². The summed E-state index contributed by atoms with van der Waals surface area (Å²) in [7, 11) is -3.71. The number of sulfonamides is 1. The van der Waals surface area contributed by atoms with Gasteiger partial charge in [0.15, 0.2) is 5.17 Å². The molecule has 1 aliphatic heterocycles. The van der Waals surface area contributed by atoms with Gasteiger partial charge in [-0.05, 0) is 38.2 Å². The molecule has 0 amide bonds. The van der Waals surface area contributed by atoms with Gasteiger partial charge in [0.1, 0.15) is 0 Å². The molecule has 0 aromatic heterocycles. The third kappa shape index (κ3) is 3.45. The van der Waals surface area contributed by atoms with Crippen LogP contribution in [0.15, 0.2) is 38.7 Å². The zero-order valence-electron chi connectivity index (χ0n) is 13.4. The maximum Gasteiger partial charge on any atom is 0.284 e. The lowest BCUT2D eigenvalue weighted by Crippen LogP contribution is -2.30. The van der Waals surface area contributed by atoms with Crippen LogP contribution in [-0.4, -0.2) is 37.6 Å². The highest BCUT2D eigenvalue weighted by Gasteiger charge is 2.39. The minimum absolute atomic E-state index is 0.115. The van der Waals surface area contributed by atoms with Gasteiger partial charge < -0.3 is 0 Å². The number of aryl methyl sites for hydroxylation is 1. The summed E-state index contributed by atoms with van der Waals surface area (Å²) >= 11 is 1.32. The van der Waals surface area contributed by atoms with E-state index in [9.17, 15) is 8.42 Å². The molecule has 0 saturated heterocycles. The summed E-state index contributed by atoms with van der Waals surface area (Å²) in [4.78, 5) is 0.216. The molecule has 0 bridgehead atoms. The summed E-state index contributed by atoms with van der Waals surface area (Å²) in [6.07, 6.45) is 8.50. The zero-order chi connectivity index (χ0) is 16.5. The first-order valence-electron chi connectivity index (χ1n) is 7.72. The fourth-order valence-corrected chi connectivity index (χ4v) is 4.91. The van der Waals surface area contributed by atoms with Crippen LogP contribution in [0, 0.1) is 12.3 Å². The Bertz CT molecular complexity index is 733. The second-order valence-electron chi connectivity index (χ2n) is 6.24. The number of thioether (sulfide) groups is 1. The van der Waals surface area contributed by atoms with Crippen molar-refractivity contribution in [3.8, 4) is 0 Å². The van der Waals surface area contributed by atoms with E-state index >= 15 is 0 Å². The molecule has 0 unspecified atom stereocenters. The Morgan fingerprint density at radius 2 is 1.91 bits per heavy atom. The summed E-state index contributed by atoms with van der Waals surface area (Å²) in [5.41, 5.74) is 1.13. The molecular formula is C16H21N3O2S2. The molecule has 1 aromatic carbocycles. The molecule has 1 saturated carbocycles. The second-order valence-corrected chi connectivity index (χ2v) is 8.62. The molecule has 23 heavy (non-hydrogen) atoms. The Hall–Kier alpha value is -1.34. The van der Waals surface area contributed by atoms with Gasteiger partial charge in [0.05, 0.1) is 11.4 Å². The van der Waals surface area contributed by atoms with Gasteiger partial charge in [0, 0.05) is 11.6 Å². The Morgan fingerprint density at radius 3 is 2.52 bits per heavy atom. The van der Waals surface area contributed by atoms with Crippen molar-refractivity contribution in [2.24, 2.45) is 14.9 Å². The lowest BCUT2D eigenvalue weighted by Gasteiger charge is -2.22. The molecule has 1 fully saturated rings. The fourth-order valence-electron chi connectivity index (χ4n) is 3.11. The number of rotatable bonds is 2. The molecule has 5 nitrogen and oxygen atoms in total. The average molecular weight is 351 g/mol. The molecule has 0 N–H and O–H groups in total. The van der Waals surface area contributed by atoms with Gasteiger partial charge in [-0.1, -0.05) is 42.3 Å². The standard InChI is InChI=1S/C16H21N3O2S2/c1-13-5-7-14(8-6-13)23(20,21)18-15(22-2)19-12-16(11-17-19)9-3-4-10-16/h5-8,11H,3-4,9-10,12H2,1-2H3/b18-15-. The van der Waals surface area contributed by atoms with Gasteiger partial charge in [-0.25, -0.2) is 5.01 Å². The van der Waals surface area contributed by atoms with Crippen molar-refractivity contribution in [2.75, 3.05) is 12.8 Å². The van der Waals surface area contributed by atoms with Crippen molar-refractivity contribution in [1.29, 1.82) is 0 Å². The lowest BCUT2D eigenvalue weighted by molar-refractivity contribution is 0.352. The lowest BCUT2D eigenvalue weighted by atomic mass is 9.89. The van der Waals surface area contributed by atoms with E-state index in [2.05, 4.69) is 9.50 Å². The van der Waals surface area contributed by atoms with E-state index in [4.69, 9.17) is 0 Å². The van der Waals surface area contributed by atoms with E-state index in [0.717, 1.165) is 24.9 Å². The molecule has 3 rings (SSSR count). The predicted molar refractivity (Wildman–Crippen MR) is 95.4 cm³/mol. The van der Waals surface area contributed by atoms with Gasteiger partial charge in [-0.15, -0.1) is 4.40 Å². The molecular weight excluding hydrogens is 330 g/mol. The van der Waals surface area contributed by atoms with E-state index in [1.54, 1.807) is 29.3 Å². The van der Waals surface area contributed by atoms with Crippen LogP contribution in [0.25, 0.3) is 0 Å². The molecule has 0 radical (unpaired) electrons. The number of hydrogen-bond acceptors (Lipinski definition) is 4. The van der Waals surface area contributed by atoms with Crippen LogP contribution >= 0.6 is 11.8 Å². The molecule has 1 heterocycles. The summed E-state index contributed by atoms with van der Waals surface area (Å²) < 4.78 is 29.0. The van der Waals surface area contributed by atoms with E-state index in [-0.39, 0.29) is 10.3 Å². The highest BCUT2D eigenvalue weighted by atomic mass is 32.2. The van der Waals surface area contributed by atoms with Crippen LogP contribution in [0.3, 0.4) is 0 Å². The van der Waals surface area contributed by atoms with Crippen LogP contribution in [-0.2, 0) is 10.0 Å². The molecule has 0 atom stereocenters. The fraction of sp³-hybridized carbons (Fsp3) is 0.500. The maximum absolute atomic E-state index is 12.5. The zero-order valence-corrected chi connectivity index (χ0v) is 15.0. The van der Waals surface area contributed by atoms with Gasteiger partial charge in [-0.2, -0.15) is 13.5 Å².